The Morgan fingerprint density at radius 3 is 2.60 bits per heavy atom. The van der Waals surface area contributed by atoms with Crippen molar-refractivity contribution in [2.45, 2.75) is 32.3 Å². The number of rotatable bonds is 7. The molecule has 0 saturated heterocycles. The Balaban J connectivity index is 2.46. The lowest BCUT2D eigenvalue weighted by Gasteiger charge is -2.22. The third-order valence-electron chi connectivity index (χ3n) is 2.97. The Kier molecular flexibility index (Phi) is 6.25. The van der Waals surface area contributed by atoms with E-state index in [0.29, 0.717) is 6.42 Å². The van der Waals surface area contributed by atoms with Crippen molar-refractivity contribution in [3.05, 3.63) is 35.9 Å². The molecule has 0 aliphatic carbocycles. The average molecular weight is 277 g/mol. The number of ether oxygens (including phenoxy) is 1. The van der Waals surface area contributed by atoms with E-state index < -0.39 is 5.60 Å². The molecule has 0 aromatic heterocycles. The van der Waals surface area contributed by atoms with Crippen LogP contribution in [0.15, 0.2) is 30.3 Å². The Labute approximate surface area is 120 Å². The van der Waals surface area contributed by atoms with Crippen molar-refractivity contribution in [1.82, 2.24) is 5.32 Å². The number of carbonyl (C=O) groups is 1. The van der Waals surface area contributed by atoms with Crippen LogP contribution in [-0.2, 0) is 4.79 Å². The highest BCUT2D eigenvalue weighted by atomic mass is 16.5. The minimum absolute atomic E-state index is 0.211. The minimum Gasteiger partial charge on any atom is -0.497 e. The minimum atomic E-state index is -0.849. The van der Waals surface area contributed by atoms with Crippen molar-refractivity contribution >= 4 is 12.0 Å². The van der Waals surface area contributed by atoms with Crippen LogP contribution in [0.2, 0.25) is 0 Å². The second-order valence-electron chi connectivity index (χ2n) is 5.07. The van der Waals surface area contributed by atoms with Gasteiger partial charge in [0.05, 0.1) is 12.7 Å². The van der Waals surface area contributed by atoms with Crippen LogP contribution in [0.3, 0.4) is 0 Å². The molecule has 0 heterocycles. The highest BCUT2D eigenvalue weighted by Crippen LogP contribution is 2.12. The van der Waals surface area contributed by atoms with Crippen LogP contribution >= 0.6 is 0 Å². The van der Waals surface area contributed by atoms with Gasteiger partial charge in [0, 0.05) is 12.6 Å². The summed E-state index contributed by atoms with van der Waals surface area (Å²) in [5.41, 5.74) is 0.0690. The van der Waals surface area contributed by atoms with Gasteiger partial charge in [0.15, 0.2) is 0 Å². The predicted octanol–water partition coefficient (Wildman–Crippen LogP) is 2.38. The zero-order chi connectivity index (χ0) is 15.0. The van der Waals surface area contributed by atoms with Crippen LogP contribution < -0.4 is 10.1 Å². The number of methoxy groups -OCH3 is 1. The summed E-state index contributed by atoms with van der Waals surface area (Å²) in [6, 6.07) is 7.42. The molecule has 0 aliphatic rings. The van der Waals surface area contributed by atoms with Gasteiger partial charge in [0.25, 0.3) is 0 Å². The summed E-state index contributed by atoms with van der Waals surface area (Å²) in [5, 5.41) is 12.7. The lowest BCUT2D eigenvalue weighted by Crippen LogP contribution is -2.39. The van der Waals surface area contributed by atoms with Gasteiger partial charge in [-0.1, -0.05) is 25.5 Å². The van der Waals surface area contributed by atoms with Crippen LogP contribution in [0.5, 0.6) is 5.75 Å². The topological polar surface area (TPSA) is 58.6 Å². The fraction of sp³-hybridized carbons (Fsp3) is 0.438. The van der Waals surface area contributed by atoms with E-state index in [0.717, 1.165) is 17.7 Å². The average Bonchev–Trinajstić information content (AvgIpc) is 2.43. The van der Waals surface area contributed by atoms with Gasteiger partial charge < -0.3 is 15.2 Å². The number of hydrogen-bond donors (Lipinski definition) is 2. The number of hydrogen-bond acceptors (Lipinski definition) is 3. The normalized spacial score (nSPS) is 14.0. The molecule has 1 aromatic carbocycles. The Hall–Kier alpha value is -1.81. The van der Waals surface area contributed by atoms with Gasteiger partial charge in [-0.3, -0.25) is 4.79 Å². The second-order valence-corrected chi connectivity index (χ2v) is 5.07. The van der Waals surface area contributed by atoms with Crippen molar-refractivity contribution in [3.63, 3.8) is 0 Å². The monoisotopic (exact) mass is 277 g/mol. The van der Waals surface area contributed by atoms with Gasteiger partial charge in [-0.2, -0.15) is 0 Å². The predicted molar refractivity (Wildman–Crippen MR) is 80.6 cm³/mol. The number of amides is 1. The van der Waals surface area contributed by atoms with E-state index in [2.05, 4.69) is 5.32 Å². The molecule has 2 N–H and O–H groups in total. The first-order valence-corrected chi connectivity index (χ1v) is 6.79. The van der Waals surface area contributed by atoms with Crippen LogP contribution in [0, 0.1) is 0 Å². The SMILES string of the molecule is CCCC(C)(O)CNC(=O)/C=C/c1ccc(OC)cc1. The van der Waals surface area contributed by atoms with Crippen LogP contribution in [0.1, 0.15) is 32.3 Å². The van der Waals surface area contributed by atoms with Gasteiger partial charge in [0.1, 0.15) is 5.75 Å². The summed E-state index contributed by atoms with van der Waals surface area (Å²) < 4.78 is 5.06. The Morgan fingerprint density at radius 2 is 2.05 bits per heavy atom. The first-order chi connectivity index (χ1) is 9.46. The molecule has 4 heteroatoms. The molecule has 0 radical (unpaired) electrons. The smallest absolute Gasteiger partial charge is 0.244 e. The van der Waals surface area contributed by atoms with E-state index in [1.165, 1.54) is 6.08 Å². The maximum atomic E-state index is 11.7. The third-order valence-corrected chi connectivity index (χ3v) is 2.97. The highest BCUT2D eigenvalue weighted by molar-refractivity contribution is 5.91. The molecule has 0 fully saturated rings. The number of aliphatic hydroxyl groups is 1. The van der Waals surface area contributed by atoms with Gasteiger partial charge in [0.2, 0.25) is 5.91 Å². The fourth-order valence-electron chi connectivity index (χ4n) is 1.85. The van der Waals surface area contributed by atoms with Gasteiger partial charge in [-0.25, -0.2) is 0 Å². The quantitative estimate of drug-likeness (QED) is 0.752. The maximum absolute atomic E-state index is 11.7. The van der Waals surface area contributed by atoms with Gasteiger partial charge in [-0.05, 0) is 37.1 Å². The molecule has 4 nitrogen and oxygen atoms in total. The van der Waals surface area contributed by atoms with E-state index in [-0.39, 0.29) is 12.5 Å². The van der Waals surface area contributed by atoms with Crippen molar-refractivity contribution < 1.29 is 14.6 Å². The molecule has 1 amide bonds. The summed E-state index contributed by atoms with van der Waals surface area (Å²) in [7, 11) is 1.61. The number of benzene rings is 1. The molecule has 0 bridgehead atoms. The molecule has 20 heavy (non-hydrogen) atoms. The van der Waals surface area contributed by atoms with Crippen LogP contribution in [0.25, 0.3) is 6.08 Å². The van der Waals surface area contributed by atoms with Crippen molar-refractivity contribution in [2.24, 2.45) is 0 Å². The molecule has 0 spiro atoms. The standard InChI is InChI=1S/C16H23NO3/c1-4-11-16(2,19)12-17-15(18)10-7-13-5-8-14(20-3)9-6-13/h5-10,19H,4,11-12H2,1-3H3,(H,17,18)/b10-7+. The Morgan fingerprint density at radius 1 is 1.40 bits per heavy atom. The lowest BCUT2D eigenvalue weighted by atomic mass is 10.0. The summed E-state index contributed by atoms with van der Waals surface area (Å²) in [6.45, 7) is 3.98. The number of nitrogens with one attached hydrogen (secondary N) is 1. The zero-order valence-corrected chi connectivity index (χ0v) is 12.3. The molecule has 1 rings (SSSR count). The Bertz CT molecular complexity index is 449. The molecule has 0 saturated carbocycles. The first-order valence-electron chi connectivity index (χ1n) is 6.79. The summed E-state index contributed by atoms with van der Waals surface area (Å²) >= 11 is 0. The zero-order valence-electron chi connectivity index (χ0n) is 12.3. The number of carbonyl (C=O) groups excluding carboxylic acids is 1. The van der Waals surface area contributed by atoms with E-state index >= 15 is 0 Å². The molecule has 110 valence electrons. The first kappa shape index (κ1) is 16.2. The van der Waals surface area contributed by atoms with Crippen LogP contribution in [0.4, 0.5) is 0 Å². The van der Waals surface area contributed by atoms with Gasteiger partial charge >= 0.3 is 0 Å². The fourth-order valence-corrected chi connectivity index (χ4v) is 1.85. The van der Waals surface area contributed by atoms with E-state index in [9.17, 15) is 9.90 Å². The largest absolute Gasteiger partial charge is 0.497 e. The van der Waals surface area contributed by atoms with Crippen molar-refractivity contribution in [2.75, 3.05) is 13.7 Å². The highest BCUT2D eigenvalue weighted by Gasteiger charge is 2.18. The van der Waals surface area contributed by atoms with Crippen LogP contribution in [-0.4, -0.2) is 30.3 Å². The van der Waals surface area contributed by atoms with Gasteiger partial charge in [-0.15, -0.1) is 0 Å². The molecule has 0 aliphatic heterocycles. The van der Waals surface area contributed by atoms with Crippen molar-refractivity contribution in [1.29, 1.82) is 0 Å². The molecule has 1 unspecified atom stereocenters. The summed E-state index contributed by atoms with van der Waals surface area (Å²) in [4.78, 5) is 11.7. The summed E-state index contributed by atoms with van der Waals surface area (Å²) in [6.07, 6.45) is 4.73. The van der Waals surface area contributed by atoms with Crippen molar-refractivity contribution in [3.8, 4) is 5.75 Å². The van der Waals surface area contributed by atoms with E-state index in [4.69, 9.17) is 4.74 Å². The molecular weight excluding hydrogens is 254 g/mol. The molecule has 1 atom stereocenters. The summed E-state index contributed by atoms with van der Waals surface area (Å²) in [5.74, 6) is 0.569. The molecule has 1 aromatic rings. The second kappa shape index (κ2) is 7.70. The maximum Gasteiger partial charge on any atom is 0.244 e. The van der Waals surface area contributed by atoms with E-state index in [1.54, 1.807) is 20.1 Å². The molecular formula is C16H23NO3. The lowest BCUT2D eigenvalue weighted by molar-refractivity contribution is -0.117. The van der Waals surface area contributed by atoms with E-state index in [1.807, 2.05) is 31.2 Å². The third kappa shape index (κ3) is 5.89.